The van der Waals surface area contributed by atoms with Crippen molar-refractivity contribution in [3.05, 3.63) is 92.8 Å². The minimum Gasteiger partial charge on any atom is -0.487 e. The number of carbonyl (C=O) groups is 2. The van der Waals surface area contributed by atoms with Gasteiger partial charge in [0.2, 0.25) is 0 Å². The van der Waals surface area contributed by atoms with Crippen LogP contribution in [0.3, 0.4) is 0 Å². The summed E-state index contributed by atoms with van der Waals surface area (Å²) in [6.45, 7) is 8.00. The van der Waals surface area contributed by atoms with Crippen LogP contribution in [-0.2, 0) is 4.79 Å². The first-order valence-electron chi connectivity index (χ1n) is 10.9. The molecular formula is C27H28N2O3S. The van der Waals surface area contributed by atoms with Gasteiger partial charge in [0.1, 0.15) is 17.0 Å². The molecule has 170 valence electrons. The van der Waals surface area contributed by atoms with Gasteiger partial charge in [-0.3, -0.25) is 9.59 Å². The smallest absolute Gasteiger partial charge is 0.268 e. The fourth-order valence-electron chi connectivity index (χ4n) is 3.91. The highest BCUT2D eigenvalue weighted by Crippen LogP contribution is 2.40. The fraction of sp³-hybridized carbons (Fsp3) is 0.259. The van der Waals surface area contributed by atoms with Crippen LogP contribution in [0.25, 0.3) is 6.08 Å². The number of amides is 2. The molecule has 0 radical (unpaired) electrons. The molecule has 2 heterocycles. The maximum Gasteiger partial charge on any atom is 0.268 e. The average molecular weight is 461 g/mol. The lowest BCUT2D eigenvalue weighted by atomic mass is 9.89. The molecule has 1 aliphatic heterocycles. The lowest BCUT2D eigenvalue weighted by Crippen LogP contribution is -2.43. The predicted octanol–water partition coefficient (Wildman–Crippen LogP) is 5.55. The highest BCUT2D eigenvalue weighted by Gasteiger charge is 2.35. The maximum atomic E-state index is 13.4. The third-order valence-electron chi connectivity index (χ3n) is 5.56. The lowest BCUT2D eigenvalue weighted by Gasteiger charge is -2.38. The number of nitrogens with one attached hydrogen (secondary N) is 2. The van der Waals surface area contributed by atoms with Crippen LogP contribution in [0.2, 0.25) is 0 Å². The first-order chi connectivity index (χ1) is 15.7. The number of hydrogen-bond donors (Lipinski definition) is 2. The molecule has 6 heteroatoms. The van der Waals surface area contributed by atoms with Crippen molar-refractivity contribution in [3.63, 3.8) is 0 Å². The van der Waals surface area contributed by atoms with E-state index in [1.807, 2.05) is 75.5 Å². The molecule has 2 amide bonds. The standard InChI is InChI=1S/C27H28N2O3S/c1-17-7-10-19(11-8-17)25(30)28-22(15-20-6-5-13-33-20)26(31)29-23-16-27(3,4)32-24-12-9-18(2)14-21(23)24/h5-15,23H,16H2,1-4H3,(H,28,30)(H,29,31)/b22-15-. The molecule has 2 aromatic carbocycles. The summed E-state index contributed by atoms with van der Waals surface area (Å²) in [5, 5.41) is 7.89. The molecule has 1 aliphatic rings. The van der Waals surface area contributed by atoms with Crippen molar-refractivity contribution >= 4 is 29.2 Å². The van der Waals surface area contributed by atoms with Crippen molar-refractivity contribution in [2.24, 2.45) is 0 Å². The molecule has 0 saturated carbocycles. The Bertz CT molecular complexity index is 1190. The Balaban J connectivity index is 1.61. The van der Waals surface area contributed by atoms with Crippen LogP contribution in [0.1, 0.15) is 58.2 Å². The summed E-state index contributed by atoms with van der Waals surface area (Å²) in [5.41, 5.74) is 3.39. The molecule has 2 N–H and O–H groups in total. The van der Waals surface area contributed by atoms with Gasteiger partial charge in [-0.25, -0.2) is 0 Å². The van der Waals surface area contributed by atoms with Gasteiger partial charge in [0, 0.05) is 22.4 Å². The molecule has 0 aliphatic carbocycles. The lowest BCUT2D eigenvalue weighted by molar-refractivity contribution is -0.119. The third kappa shape index (κ3) is 5.52. The molecule has 1 atom stereocenters. The highest BCUT2D eigenvalue weighted by atomic mass is 32.1. The minimum atomic E-state index is -0.428. The van der Waals surface area contributed by atoms with Crippen LogP contribution >= 0.6 is 11.3 Å². The van der Waals surface area contributed by atoms with E-state index in [9.17, 15) is 9.59 Å². The SMILES string of the molecule is Cc1ccc(C(=O)N/C(=C\c2cccs2)C(=O)NC2CC(C)(C)Oc3ccc(C)cc32)cc1. The average Bonchev–Trinajstić information content (AvgIpc) is 3.27. The molecule has 5 nitrogen and oxygen atoms in total. The number of rotatable bonds is 5. The van der Waals surface area contributed by atoms with E-state index >= 15 is 0 Å². The van der Waals surface area contributed by atoms with Crippen molar-refractivity contribution in [1.29, 1.82) is 0 Å². The summed E-state index contributed by atoms with van der Waals surface area (Å²) in [6.07, 6.45) is 2.33. The molecule has 0 saturated heterocycles. The maximum absolute atomic E-state index is 13.4. The summed E-state index contributed by atoms with van der Waals surface area (Å²) < 4.78 is 6.13. The van der Waals surface area contributed by atoms with Gasteiger partial charge in [0.25, 0.3) is 11.8 Å². The van der Waals surface area contributed by atoms with Crippen LogP contribution in [0.15, 0.2) is 65.7 Å². The molecule has 0 bridgehead atoms. The zero-order valence-corrected chi connectivity index (χ0v) is 20.1. The van der Waals surface area contributed by atoms with E-state index in [1.54, 1.807) is 18.2 Å². The Labute approximate surface area is 198 Å². The van der Waals surface area contributed by atoms with Crippen LogP contribution in [-0.4, -0.2) is 17.4 Å². The van der Waals surface area contributed by atoms with Crippen LogP contribution in [0, 0.1) is 13.8 Å². The number of aryl methyl sites for hydroxylation is 2. The molecule has 4 rings (SSSR count). The summed E-state index contributed by atoms with van der Waals surface area (Å²) >= 11 is 1.50. The van der Waals surface area contributed by atoms with Gasteiger partial charge in [-0.1, -0.05) is 41.5 Å². The van der Waals surface area contributed by atoms with E-state index in [-0.39, 0.29) is 23.6 Å². The molecule has 33 heavy (non-hydrogen) atoms. The third-order valence-corrected chi connectivity index (χ3v) is 6.38. The number of hydrogen-bond acceptors (Lipinski definition) is 4. The van der Waals surface area contributed by atoms with E-state index in [0.29, 0.717) is 12.0 Å². The van der Waals surface area contributed by atoms with Gasteiger partial charge < -0.3 is 15.4 Å². The van der Waals surface area contributed by atoms with E-state index in [4.69, 9.17) is 4.74 Å². The van der Waals surface area contributed by atoms with Gasteiger partial charge in [0.15, 0.2) is 0 Å². The van der Waals surface area contributed by atoms with E-state index in [1.165, 1.54) is 11.3 Å². The molecule has 3 aromatic rings. The first-order valence-corrected chi connectivity index (χ1v) is 11.8. The van der Waals surface area contributed by atoms with Crippen LogP contribution in [0.5, 0.6) is 5.75 Å². The number of benzene rings is 2. The summed E-state index contributed by atoms with van der Waals surface area (Å²) in [5.74, 6) is 0.116. The van der Waals surface area contributed by atoms with Crippen LogP contribution in [0.4, 0.5) is 0 Å². The number of ether oxygens (including phenoxy) is 1. The van der Waals surface area contributed by atoms with Crippen molar-refractivity contribution < 1.29 is 14.3 Å². The second-order valence-electron chi connectivity index (χ2n) is 9.03. The Morgan fingerprint density at radius 2 is 1.79 bits per heavy atom. The quantitative estimate of drug-likeness (QED) is 0.490. The highest BCUT2D eigenvalue weighted by molar-refractivity contribution is 7.10. The topological polar surface area (TPSA) is 67.4 Å². The molecule has 1 unspecified atom stereocenters. The zero-order chi connectivity index (χ0) is 23.6. The molecule has 1 aromatic heterocycles. The predicted molar refractivity (Wildman–Crippen MR) is 132 cm³/mol. The minimum absolute atomic E-state index is 0.210. The van der Waals surface area contributed by atoms with Gasteiger partial charge in [-0.05, 0) is 63.4 Å². The van der Waals surface area contributed by atoms with Crippen molar-refractivity contribution in [2.75, 3.05) is 0 Å². The van der Waals surface area contributed by atoms with E-state index in [2.05, 4.69) is 10.6 Å². The van der Waals surface area contributed by atoms with Crippen molar-refractivity contribution in [1.82, 2.24) is 10.6 Å². The van der Waals surface area contributed by atoms with Gasteiger partial charge in [-0.15, -0.1) is 11.3 Å². The monoisotopic (exact) mass is 460 g/mol. The summed E-state index contributed by atoms with van der Waals surface area (Å²) in [4.78, 5) is 27.2. The largest absolute Gasteiger partial charge is 0.487 e. The Morgan fingerprint density at radius 3 is 2.48 bits per heavy atom. The van der Waals surface area contributed by atoms with Gasteiger partial charge in [0.05, 0.1) is 6.04 Å². The van der Waals surface area contributed by atoms with Crippen molar-refractivity contribution in [3.8, 4) is 5.75 Å². The molecule has 0 fully saturated rings. The Morgan fingerprint density at radius 1 is 1.06 bits per heavy atom. The second kappa shape index (κ2) is 9.24. The van der Waals surface area contributed by atoms with Crippen molar-refractivity contribution in [2.45, 2.75) is 45.8 Å². The normalized spacial score (nSPS) is 17.0. The molecular weight excluding hydrogens is 432 g/mol. The van der Waals surface area contributed by atoms with Gasteiger partial charge in [-0.2, -0.15) is 0 Å². The number of thiophene rings is 1. The first kappa shape index (κ1) is 22.8. The Kier molecular flexibility index (Phi) is 6.38. The number of fused-ring (bicyclic) bond motifs is 1. The zero-order valence-electron chi connectivity index (χ0n) is 19.3. The summed E-state index contributed by atoms with van der Waals surface area (Å²) in [6, 6.07) is 16.8. The number of carbonyl (C=O) groups excluding carboxylic acids is 2. The van der Waals surface area contributed by atoms with E-state index in [0.717, 1.165) is 27.3 Å². The Hall–Kier alpha value is -3.38. The van der Waals surface area contributed by atoms with Crippen LogP contribution < -0.4 is 15.4 Å². The molecule has 0 spiro atoms. The van der Waals surface area contributed by atoms with E-state index < -0.39 is 5.60 Å². The summed E-state index contributed by atoms with van der Waals surface area (Å²) in [7, 11) is 0. The second-order valence-corrected chi connectivity index (χ2v) is 10.0. The fourth-order valence-corrected chi connectivity index (χ4v) is 4.57. The van der Waals surface area contributed by atoms with Gasteiger partial charge >= 0.3 is 0 Å².